The van der Waals surface area contributed by atoms with Gasteiger partial charge in [0.15, 0.2) is 0 Å². The molecule has 5 nitrogen and oxygen atoms in total. The summed E-state index contributed by atoms with van der Waals surface area (Å²) in [5.74, 6) is 0.506. The van der Waals surface area contributed by atoms with Gasteiger partial charge in [-0.05, 0) is 43.5 Å². The number of rotatable bonds is 7. The number of hydrogen-bond donors (Lipinski definition) is 3. The Morgan fingerprint density at radius 3 is 2.67 bits per heavy atom. The van der Waals surface area contributed by atoms with E-state index in [0.29, 0.717) is 22.8 Å². The van der Waals surface area contributed by atoms with Crippen molar-refractivity contribution in [2.45, 2.75) is 26.2 Å². The van der Waals surface area contributed by atoms with E-state index < -0.39 is 0 Å². The maximum absolute atomic E-state index is 11.8. The number of halogens is 1. The Morgan fingerprint density at radius 2 is 2.00 bits per heavy atom. The molecule has 0 spiro atoms. The van der Waals surface area contributed by atoms with Crippen molar-refractivity contribution in [2.24, 2.45) is 5.92 Å². The lowest BCUT2D eigenvalue weighted by Crippen LogP contribution is -2.29. The fourth-order valence-corrected chi connectivity index (χ4v) is 2.02. The van der Waals surface area contributed by atoms with Gasteiger partial charge in [-0.3, -0.25) is 9.59 Å². The zero-order valence-corrected chi connectivity index (χ0v) is 12.8. The second-order valence-corrected chi connectivity index (χ2v) is 5.63. The number of nitrogens with one attached hydrogen (secondary N) is 3. The molecule has 1 fully saturated rings. The normalized spacial score (nSPS) is 13.8. The van der Waals surface area contributed by atoms with Gasteiger partial charge < -0.3 is 16.0 Å². The first kappa shape index (κ1) is 15.8. The first-order chi connectivity index (χ1) is 10.1. The first-order valence-electron chi connectivity index (χ1n) is 7.18. The van der Waals surface area contributed by atoms with Crippen molar-refractivity contribution < 1.29 is 9.59 Å². The number of carbonyl (C=O) groups is 2. The Kier molecular flexibility index (Phi) is 5.59. The monoisotopic (exact) mass is 309 g/mol. The van der Waals surface area contributed by atoms with Gasteiger partial charge in [-0.25, -0.2) is 0 Å². The highest BCUT2D eigenvalue weighted by molar-refractivity contribution is 6.33. The molecule has 2 amide bonds. The summed E-state index contributed by atoms with van der Waals surface area (Å²) >= 11 is 6.06. The summed E-state index contributed by atoms with van der Waals surface area (Å²) in [6, 6.07) is 5.02. The van der Waals surface area contributed by atoms with E-state index in [2.05, 4.69) is 16.0 Å². The minimum absolute atomic E-state index is 0.0827. The Bertz CT molecular complexity index is 530. The van der Waals surface area contributed by atoms with Crippen LogP contribution in [-0.2, 0) is 9.59 Å². The number of benzene rings is 1. The second kappa shape index (κ2) is 7.43. The third kappa shape index (κ3) is 5.36. The molecule has 1 aliphatic carbocycles. The van der Waals surface area contributed by atoms with E-state index in [1.807, 2.05) is 0 Å². The molecule has 1 saturated carbocycles. The Balaban J connectivity index is 1.89. The average Bonchev–Trinajstić information content (AvgIpc) is 3.26. The molecule has 0 radical (unpaired) electrons. The second-order valence-electron chi connectivity index (χ2n) is 5.22. The van der Waals surface area contributed by atoms with E-state index in [9.17, 15) is 9.59 Å². The fourth-order valence-electron chi connectivity index (χ4n) is 1.85. The number of anilines is 2. The van der Waals surface area contributed by atoms with Gasteiger partial charge in [0, 0.05) is 12.1 Å². The molecule has 21 heavy (non-hydrogen) atoms. The fraction of sp³-hybridized carbons (Fsp3) is 0.467. The average molecular weight is 310 g/mol. The van der Waals surface area contributed by atoms with Crippen molar-refractivity contribution in [3.63, 3.8) is 0 Å². The maximum Gasteiger partial charge on any atom is 0.238 e. The van der Waals surface area contributed by atoms with Gasteiger partial charge >= 0.3 is 0 Å². The molecule has 0 unspecified atom stereocenters. The third-order valence-corrected chi connectivity index (χ3v) is 3.59. The van der Waals surface area contributed by atoms with Crippen LogP contribution in [0, 0.1) is 5.92 Å². The highest BCUT2D eigenvalue weighted by atomic mass is 35.5. The van der Waals surface area contributed by atoms with E-state index in [0.717, 1.165) is 12.5 Å². The number of carbonyl (C=O) groups excluding carboxylic acids is 2. The lowest BCUT2D eigenvalue weighted by molar-refractivity contribution is -0.116. The van der Waals surface area contributed by atoms with Gasteiger partial charge in [-0.2, -0.15) is 0 Å². The van der Waals surface area contributed by atoms with E-state index in [4.69, 9.17) is 11.6 Å². The molecule has 1 aromatic carbocycles. The summed E-state index contributed by atoms with van der Waals surface area (Å²) in [7, 11) is 0. The van der Waals surface area contributed by atoms with Crippen LogP contribution in [0.15, 0.2) is 18.2 Å². The van der Waals surface area contributed by atoms with Crippen molar-refractivity contribution >= 4 is 34.8 Å². The molecule has 0 atom stereocenters. The molecule has 6 heteroatoms. The van der Waals surface area contributed by atoms with Crippen molar-refractivity contribution in [2.75, 3.05) is 23.7 Å². The minimum Gasteiger partial charge on any atom is -0.326 e. The van der Waals surface area contributed by atoms with Crippen LogP contribution in [0.3, 0.4) is 0 Å². The molecule has 0 bridgehead atoms. The van der Waals surface area contributed by atoms with Crippen LogP contribution in [0.1, 0.15) is 26.2 Å². The summed E-state index contributed by atoms with van der Waals surface area (Å²) in [5, 5.41) is 9.05. The van der Waals surface area contributed by atoms with Gasteiger partial charge in [-0.15, -0.1) is 0 Å². The van der Waals surface area contributed by atoms with Crippen molar-refractivity contribution in [3.8, 4) is 0 Å². The summed E-state index contributed by atoms with van der Waals surface area (Å²) < 4.78 is 0. The highest BCUT2D eigenvalue weighted by Crippen LogP contribution is 2.27. The van der Waals surface area contributed by atoms with Crippen LogP contribution in [0.25, 0.3) is 0 Å². The van der Waals surface area contributed by atoms with Gasteiger partial charge in [0.25, 0.3) is 0 Å². The molecule has 0 heterocycles. The number of amides is 2. The quantitative estimate of drug-likeness (QED) is 0.725. The Hall–Kier alpha value is -1.59. The minimum atomic E-state index is -0.142. The highest BCUT2D eigenvalue weighted by Gasteiger charge is 2.20. The van der Waals surface area contributed by atoms with Crippen molar-refractivity contribution in [1.82, 2.24) is 5.32 Å². The topological polar surface area (TPSA) is 70.2 Å². The molecule has 0 saturated heterocycles. The Labute approximate surface area is 129 Å². The molecule has 114 valence electrons. The van der Waals surface area contributed by atoms with Crippen molar-refractivity contribution in [1.29, 1.82) is 0 Å². The van der Waals surface area contributed by atoms with Gasteiger partial charge in [0.1, 0.15) is 0 Å². The zero-order valence-electron chi connectivity index (χ0n) is 12.0. The maximum atomic E-state index is 11.8. The molecular weight excluding hydrogens is 290 g/mol. The summed E-state index contributed by atoms with van der Waals surface area (Å²) in [6.45, 7) is 2.92. The summed E-state index contributed by atoms with van der Waals surface area (Å²) in [5.41, 5.74) is 1.12. The van der Waals surface area contributed by atoms with Gasteiger partial charge in [-0.1, -0.05) is 18.5 Å². The molecule has 0 aliphatic heterocycles. The van der Waals surface area contributed by atoms with Crippen LogP contribution < -0.4 is 16.0 Å². The number of hydrogen-bond acceptors (Lipinski definition) is 3. The molecule has 1 aromatic rings. The van der Waals surface area contributed by atoms with Crippen LogP contribution in [-0.4, -0.2) is 24.9 Å². The van der Waals surface area contributed by atoms with E-state index in [1.165, 1.54) is 12.8 Å². The van der Waals surface area contributed by atoms with Crippen LogP contribution in [0.2, 0.25) is 5.02 Å². The van der Waals surface area contributed by atoms with E-state index in [1.54, 1.807) is 25.1 Å². The molecular formula is C15H20ClN3O2. The lowest BCUT2D eigenvalue weighted by Gasteiger charge is -2.10. The Morgan fingerprint density at radius 1 is 1.24 bits per heavy atom. The molecule has 0 aromatic heterocycles. The lowest BCUT2D eigenvalue weighted by atomic mass is 10.2. The van der Waals surface area contributed by atoms with Gasteiger partial charge in [0.2, 0.25) is 11.8 Å². The van der Waals surface area contributed by atoms with Crippen LogP contribution in [0.5, 0.6) is 0 Å². The van der Waals surface area contributed by atoms with E-state index >= 15 is 0 Å². The van der Waals surface area contributed by atoms with Gasteiger partial charge in [0.05, 0.1) is 17.3 Å². The standard InChI is InChI=1S/C15H20ClN3O2/c1-2-14(20)18-11-5-6-12(16)13(7-11)19-15(21)9-17-8-10-3-4-10/h5-7,10,17H,2-4,8-9H2,1H3,(H,18,20)(H,19,21). The molecule has 3 N–H and O–H groups in total. The summed E-state index contributed by atoms with van der Waals surface area (Å²) in [4.78, 5) is 23.2. The smallest absolute Gasteiger partial charge is 0.238 e. The zero-order chi connectivity index (χ0) is 15.2. The van der Waals surface area contributed by atoms with Crippen LogP contribution in [0.4, 0.5) is 11.4 Å². The largest absolute Gasteiger partial charge is 0.326 e. The van der Waals surface area contributed by atoms with Crippen LogP contribution >= 0.6 is 11.6 Å². The summed E-state index contributed by atoms with van der Waals surface area (Å²) in [6.07, 6.45) is 2.90. The molecule has 1 aliphatic rings. The predicted octanol–water partition coefficient (Wildman–Crippen LogP) is 2.63. The first-order valence-corrected chi connectivity index (χ1v) is 7.56. The van der Waals surface area contributed by atoms with Crippen molar-refractivity contribution in [3.05, 3.63) is 23.2 Å². The van der Waals surface area contributed by atoms with E-state index in [-0.39, 0.29) is 18.4 Å². The predicted molar refractivity (Wildman–Crippen MR) is 84.6 cm³/mol. The molecule has 2 rings (SSSR count). The third-order valence-electron chi connectivity index (χ3n) is 3.26. The SMILES string of the molecule is CCC(=O)Nc1ccc(Cl)c(NC(=O)CNCC2CC2)c1.